The van der Waals surface area contributed by atoms with Gasteiger partial charge in [0.2, 0.25) is 0 Å². The van der Waals surface area contributed by atoms with E-state index in [4.69, 9.17) is 14.5 Å². The van der Waals surface area contributed by atoms with E-state index in [1.54, 1.807) is 18.4 Å². The van der Waals surface area contributed by atoms with Gasteiger partial charge in [-0.1, -0.05) is 36.8 Å². The molecular weight excluding hydrogens is 456 g/mol. The van der Waals surface area contributed by atoms with Gasteiger partial charge in [-0.3, -0.25) is 9.69 Å². The Hall–Kier alpha value is -2.70. The molecule has 0 radical (unpaired) electrons. The van der Waals surface area contributed by atoms with Crippen LogP contribution < -0.4 is 4.74 Å². The molecule has 1 saturated heterocycles. The van der Waals surface area contributed by atoms with Crippen LogP contribution in [0, 0.1) is 12.8 Å². The average molecular weight is 493 g/mol. The van der Waals surface area contributed by atoms with Crippen LogP contribution in [0.4, 0.5) is 0 Å². The van der Waals surface area contributed by atoms with E-state index in [-0.39, 0.29) is 12.1 Å². The molecule has 0 bridgehead atoms. The molecule has 1 aliphatic rings. The van der Waals surface area contributed by atoms with E-state index in [0.717, 1.165) is 65.3 Å². The summed E-state index contributed by atoms with van der Waals surface area (Å²) in [5.41, 5.74) is 3.40. The minimum absolute atomic E-state index is 0.247. The molecule has 1 aromatic heterocycles. The van der Waals surface area contributed by atoms with Gasteiger partial charge in [-0.15, -0.1) is 11.3 Å². The second-order valence-electron chi connectivity index (χ2n) is 9.42. The molecule has 0 saturated carbocycles. The summed E-state index contributed by atoms with van der Waals surface area (Å²) in [4.78, 5) is 20.4. The lowest BCUT2D eigenvalue weighted by Gasteiger charge is -2.32. The Balaban J connectivity index is 1.31. The van der Waals surface area contributed by atoms with Crippen molar-refractivity contribution in [3.8, 4) is 17.0 Å². The quantitative estimate of drug-likeness (QED) is 0.291. The van der Waals surface area contributed by atoms with Gasteiger partial charge in [0.15, 0.2) is 6.10 Å². The number of likely N-dealkylation sites (tertiary alicyclic amines) is 1. The van der Waals surface area contributed by atoms with Crippen molar-refractivity contribution < 1.29 is 14.3 Å². The summed E-state index contributed by atoms with van der Waals surface area (Å²) in [6.45, 7) is 6.92. The van der Waals surface area contributed by atoms with Crippen molar-refractivity contribution in [3.05, 3.63) is 70.0 Å². The molecule has 1 aliphatic heterocycles. The Morgan fingerprint density at radius 3 is 2.49 bits per heavy atom. The van der Waals surface area contributed by atoms with Crippen LogP contribution in [0.5, 0.6) is 5.75 Å². The zero-order valence-electron chi connectivity index (χ0n) is 21.0. The molecule has 0 spiro atoms. The predicted octanol–water partition coefficient (Wildman–Crippen LogP) is 6.81. The molecule has 3 aromatic rings. The molecule has 1 fully saturated rings. The number of carbonyl (C=O) groups is 1. The molecule has 2 aromatic carbocycles. The van der Waals surface area contributed by atoms with E-state index in [0.29, 0.717) is 0 Å². The molecule has 5 nitrogen and oxygen atoms in total. The fourth-order valence-corrected chi connectivity index (χ4v) is 5.88. The number of hydrogen-bond donors (Lipinski definition) is 0. The van der Waals surface area contributed by atoms with Crippen LogP contribution in [-0.4, -0.2) is 36.1 Å². The number of thiazole rings is 1. The monoisotopic (exact) mass is 492 g/mol. The largest absolute Gasteiger partial charge is 0.497 e. The zero-order valence-corrected chi connectivity index (χ0v) is 21.9. The van der Waals surface area contributed by atoms with Gasteiger partial charge in [0.25, 0.3) is 0 Å². The number of nitrogens with zero attached hydrogens (tertiary/aromatic N) is 2. The Morgan fingerprint density at radius 1 is 1.11 bits per heavy atom. The number of aryl methyl sites for hydroxylation is 1. The first-order valence-corrected chi connectivity index (χ1v) is 13.4. The van der Waals surface area contributed by atoms with Gasteiger partial charge in [-0.05, 0) is 81.4 Å². The highest BCUT2D eigenvalue weighted by atomic mass is 32.1. The summed E-state index contributed by atoms with van der Waals surface area (Å²) in [5.74, 6) is 1.32. The summed E-state index contributed by atoms with van der Waals surface area (Å²) in [7, 11) is 1.67. The number of piperidine rings is 1. The molecular formula is C29H36N2O3S. The maximum absolute atomic E-state index is 11.8. The lowest BCUT2D eigenvalue weighted by atomic mass is 9.91. The van der Waals surface area contributed by atoms with Crippen LogP contribution >= 0.6 is 11.3 Å². The first kappa shape index (κ1) is 25.4. The summed E-state index contributed by atoms with van der Waals surface area (Å²) in [6, 6.07) is 18.7. The number of methoxy groups -OCH3 is 1. The number of carbonyl (C=O) groups excluding carboxylic acids is 1. The third-order valence-electron chi connectivity index (χ3n) is 6.80. The molecule has 0 amide bonds. The Kier molecular flexibility index (Phi) is 8.94. The normalized spacial score (nSPS) is 15.6. The predicted molar refractivity (Wildman–Crippen MR) is 142 cm³/mol. The Morgan fingerprint density at radius 2 is 1.83 bits per heavy atom. The number of aromatic nitrogens is 1. The smallest absolute Gasteiger partial charge is 0.303 e. The molecule has 4 rings (SSSR count). The van der Waals surface area contributed by atoms with E-state index in [1.807, 2.05) is 24.3 Å². The Bertz CT molecular complexity index is 1070. The van der Waals surface area contributed by atoms with Gasteiger partial charge >= 0.3 is 5.97 Å². The highest BCUT2D eigenvalue weighted by molar-refractivity contribution is 7.12. The highest BCUT2D eigenvalue weighted by Gasteiger charge is 2.23. The highest BCUT2D eigenvalue weighted by Crippen LogP contribution is 2.35. The van der Waals surface area contributed by atoms with Crippen molar-refractivity contribution >= 4 is 17.3 Å². The Labute approximate surface area is 213 Å². The van der Waals surface area contributed by atoms with Crippen molar-refractivity contribution in [2.45, 2.75) is 58.6 Å². The van der Waals surface area contributed by atoms with Crippen LogP contribution in [0.15, 0.2) is 54.6 Å². The first-order chi connectivity index (χ1) is 17.0. The average Bonchev–Trinajstić information content (AvgIpc) is 3.26. The number of benzene rings is 2. The van der Waals surface area contributed by atoms with E-state index in [1.165, 1.54) is 31.7 Å². The molecule has 35 heavy (non-hydrogen) atoms. The third-order valence-corrected chi connectivity index (χ3v) is 7.86. The van der Waals surface area contributed by atoms with Gasteiger partial charge in [-0.25, -0.2) is 4.98 Å². The van der Waals surface area contributed by atoms with Gasteiger partial charge in [0.05, 0.1) is 12.8 Å². The lowest BCUT2D eigenvalue weighted by molar-refractivity contribution is -0.147. The maximum Gasteiger partial charge on any atom is 0.303 e. The third kappa shape index (κ3) is 7.15. The molecule has 2 heterocycles. The fraction of sp³-hybridized carbons (Fsp3) is 0.448. The second-order valence-corrected chi connectivity index (χ2v) is 10.7. The van der Waals surface area contributed by atoms with Crippen LogP contribution in [0.3, 0.4) is 0 Å². The summed E-state index contributed by atoms with van der Waals surface area (Å²) in [6.07, 6.45) is 5.23. The van der Waals surface area contributed by atoms with Crippen molar-refractivity contribution in [1.29, 1.82) is 0 Å². The van der Waals surface area contributed by atoms with Gasteiger partial charge in [-0.2, -0.15) is 0 Å². The van der Waals surface area contributed by atoms with E-state index in [2.05, 4.69) is 42.2 Å². The zero-order chi connectivity index (χ0) is 24.6. The van der Waals surface area contributed by atoms with Crippen LogP contribution in [0.2, 0.25) is 0 Å². The SMILES string of the molecule is COc1ccc(-c2nc(C(CCCC3CCN(Cc4ccccc4)CC3)OC(C)=O)sc2C)cc1. The standard InChI is InChI=1S/C29H36N2O3S/c1-21-28(25-12-14-26(33-3)15-13-25)30-29(35-21)27(34-22(2)32)11-7-10-23-16-18-31(19-17-23)20-24-8-5-4-6-9-24/h4-6,8-9,12-15,23,27H,7,10-11,16-20H2,1-3H3. The fourth-order valence-electron chi connectivity index (χ4n) is 4.87. The summed E-state index contributed by atoms with van der Waals surface area (Å²) >= 11 is 1.63. The van der Waals surface area contributed by atoms with Crippen molar-refractivity contribution in [1.82, 2.24) is 9.88 Å². The minimum Gasteiger partial charge on any atom is -0.497 e. The number of rotatable bonds is 10. The number of esters is 1. The van der Waals surface area contributed by atoms with Crippen LogP contribution in [-0.2, 0) is 16.1 Å². The van der Waals surface area contributed by atoms with Crippen molar-refractivity contribution in [3.63, 3.8) is 0 Å². The molecule has 1 unspecified atom stereocenters. The van der Waals surface area contributed by atoms with Crippen molar-refractivity contribution in [2.24, 2.45) is 5.92 Å². The van der Waals surface area contributed by atoms with Crippen LogP contribution in [0.25, 0.3) is 11.3 Å². The number of hydrogen-bond acceptors (Lipinski definition) is 6. The summed E-state index contributed by atoms with van der Waals surface area (Å²) in [5, 5.41) is 0.890. The summed E-state index contributed by atoms with van der Waals surface area (Å²) < 4.78 is 11.0. The van der Waals surface area contributed by atoms with Gasteiger partial charge < -0.3 is 9.47 Å². The first-order valence-electron chi connectivity index (χ1n) is 12.6. The molecule has 186 valence electrons. The van der Waals surface area contributed by atoms with Gasteiger partial charge in [0, 0.05) is 23.9 Å². The number of ether oxygens (including phenoxy) is 2. The molecule has 6 heteroatoms. The van der Waals surface area contributed by atoms with E-state index in [9.17, 15) is 4.79 Å². The minimum atomic E-state index is -0.277. The van der Waals surface area contributed by atoms with E-state index < -0.39 is 0 Å². The van der Waals surface area contributed by atoms with E-state index >= 15 is 0 Å². The molecule has 1 atom stereocenters. The maximum atomic E-state index is 11.8. The van der Waals surface area contributed by atoms with Crippen LogP contribution in [0.1, 0.15) is 60.6 Å². The van der Waals surface area contributed by atoms with Gasteiger partial charge in [0.1, 0.15) is 10.8 Å². The lowest BCUT2D eigenvalue weighted by Crippen LogP contribution is -2.33. The molecule has 0 N–H and O–H groups in total. The molecule has 0 aliphatic carbocycles. The second kappa shape index (κ2) is 12.3. The van der Waals surface area contributed by atoms with Crippen molar-refractivity contribution in [2.75, 3.05) is 20.2 Å². The topological polar surface area (TPSA) is 51.7 Å².